The van der Waals surface area contributed by atoms with Crippen LogP contribution in [0.3, 0.4) is 0 Å². The Balaban J connectivity index is 2.19. The fourth-order valence-corrected chi connectivity index (χ4v) is 3.47. The first-order chi connectivity index (χ1) is 18.1. The number of aliphatic hydroxyl groups is 1. The van der Waals surface area contributed by atoms with Crippen molar-refractivity contribution in [1.82, 2.24) is 5.32 Å². The zero-order chi connectivity index (χ0) is 29.3. The van der Waals surface area contributed by atoms with Crippen molar-refractivity contribution in [2.24, 2.45) is 10.8 Å². The molecule has 0 bridgehead atoms. The van der Waals surface area contributed by atoms with E-state index in [0.717, 1.165) is 12.1 Å². The number of amides is 2. The third-order valence-electron chi connectivity index (χ3n) is 5.84. The summed E-state index contributed by atoms with van der Waals surface area (Å²) in [4.78, 5) is 38.1. The number of hydrogen-bond donors (Lipinski definition) is 4. The molecule has 1 aromatic heterocycles. The van der Waals surface area contributed by atoms with E-state index in [1.54, 1.807) is 41.5 Å². The summed E-state index contributed by atoms with van der Waals surface area (Å²) in [5.41, 5.74) is -4.34. The number of carbonyl (C=O) groups excluding carboxylic acids is 2. The van der Waals surface area contributed by atoms with Gasteiger partial charge in [-0.15, -0.1) is 0 Å². The normalized spacial score (nSPS) is 12.1. The van der Waals surface area contributed by atoms with Crippen LogP contribution in [0.1, 0.15) is 47.1 Å². The fraction of sp³-hybridized carbons (Fsp3) is 0.393. The summed E-state index contributed by atoms with van der Waals surface area (Å²) < 4.78 is 51.6. The molecule has 0 unspecified atom stereocenters. The van der Waals surface area contributed by atoms with Crippen LogP contribution < -0.4 is 21.4 Å². The van der Waals surface area contributed by atoms with Gasteiger partial charge in [-0.2, -0.15) is 0 Å². The summed E-state index contributed by atoms with van der Waals surface area (Å²) in [5, 5.41) is 16.0. The predicted molar refractivity (Wildman–Crippen MR) is 143 cm³/mol. The largest absolute Gasteiger partial charge is 0.453 e. The Morgan fingerprint density at radius 3 is 2.10 bits per heavy atom. The maximum atomic E-state index is 15.6. The van der Waals surface area contributed by atoms with E-state index in [9.17, 15) is 18.8 Å². The van der Waals surface area contributed by atoms with Crippen LogP contribution in [0, 0.1) is 28.3 Å². The lowest BCUT2D eigenvalue weighted by Crippen LogP contribution is -2.29. The highest BCUT2D eigenvalue weighted by molar-refractivity contribution is 6.03. The van der Waals surface area contributed by atoms with Gasteiger partial charge in [0.15, 0.2) is 22.6 Å². The van der Waals surface area contributed by atoms with E-state index in [-0.39, 0.29) is 36.7 Å². The molecular formula is C28H32F3N3O5. The quantitative estimate of drug-likeness (QED) is 0.312. The molecule has 1 heterocycles. The summed E-state index contributed by atoms with van der Waals surface area (Å²) in [6.45, 7) is 9.11. The average molecular weight is 548 g/mol. The Labute approximate surface area is 223 Å². The van der Waals surface area contributed by atoms with Crippen molar-refractivity contribution in [3.63, 3.8) is 0 Å². The van der Waals surface area contributed by atoms with Crippen LogP contribution in [-0.2, 0) is 16.1 Å². The van der Waals surface area contributed by atoms with E-state index in [4.69, 9.17) is 9.52 Å². The van der Waals surface area contributed by atoms with Crippen LogP contribution in [0.25, 0.3) is 22.3 Å². The number of benzene rings is 2. The van der Waals surface area contributed by atoms with Crippen LogP contribution in [0.2, 0.25) is 0 Å². The van der Waals surface area contributed by atoms with Crippen LogP contribution in [0.4, 0.5) is 24.5 Å². The molecule has 4 N–H and O–H groups in total. The first-order valence-electron chi connectivity index (χ1n) is 12.3. The third kappa shape index (κ3) is 6.48. The molecule has 0 radical (unpaired) electrons. The minimum atomic E-state index is -1.19. The molecule has 0 aliphatic rings. The molecule has 0 saturated carbocycles. The highest BCUT2D eigenvalue weighted by Gasteiger charge is 2.29. The van der Waals surface area contributed by atoms with Crippen molar-refractivity contribution in [2.45, 2.75) is 48.1 Å². The van der Waals surface area contributed by atoms with Gasteiger partial charge in [0.1, 0.15) is 11.6 Å². The van der Waals surface area contributed by atoms with Gasteiger partial charge in [-0.1, -0.05) is 41.5 Å². The van der Waals surface area contributed by atoms with Gasteiger partial charge < -0.3 is 25.5 Å². The van der Waals surface area contributed by atoms with Crippen LogP contribution in [0.15, 0.2) is 33.5 Å². The molecule has 8 nitrogen and oxygen atoms in total. The SMILES string of the molecule is CC(C)(C)C(=O)Nc1ccc(-c2cc(=O)c3c(NC(=O)C(C)(C)C)c(F)c(CNCCO)c(F)c3o2)cc1F. The fourth-order valence-electron chi connectivity index (χ4n) is 3.47. The lowest BCUT2D eigenvalue weighted by Gasteiger charge is -2.20. The number of aliphatic hydroxyl groups excluding tert-OH is 1. The molecular weight excluding hydrogens is 515 g/mol. The van der Waals surface area contributed by atoms with Gasteiger partial charge in [0.25, 0.3) is 0 Å². The molecule has 2 aromatic carbocycles. The van der Waals surface area contributed by atoms with Gasteiger partial charge in [0, 0.05) is 41.1 Å². The summed E-state index contributed by atoms with van der Waals surface area (Å²) in [5.74, 6) is -4.42. The van der Waals surface area contributed by atoms with E-state index in [0.29, 0.717) is 0 Å². The van der Waals surface area contributed by atoms with E-state index in [1.807, 2.05) is 0 Å². The number of halogens is 3. The van der Waals surface area contributed by atoms with E-state index in [1.165, 1.54) is 12.1 Å². The van der Waals surface area contributed by atoms with Crippen molar-refractivity contribution in [3.05, 3.63) is 57.5 Å². The lowest BCUT2D eigenvalue weighted by molar-refractivity contribution is -0.123. The predicted octanol–water partition coefficient (Wildman–Crippen LogP) is 4.93. The van der Waals surface area contributed by atoms with E-state index >= 15 is 8.78 Å². The van der Waals surface area contributed by atoms with Gasteiger partial charge in [0.2, 0.25) is 11.8 Å². The summed E-state index contributed by atoms with van der Waals surface area (Å²) in [6, 6.07) is 4.60. The third-order valence-corrected chi connectivity index (χ3v) is 5.84. The van der Waals surface area contributed by atoms with Gasteiger partial charge >= 0.3 is 0 Å². The average Bonchev–Trinajstić information content (AvgIpc) is 2.83. The highest BCUT2D eigenvalue weighted by Crippen LogP contribution is 2.35. The van der Waals surface area contributed by atoms with Gasteiger partial charge in [-0.3, -0.25) is 14.4 Å². The maximum Gasteiger partial charge on any atom is 0.229 e. The number of carbonyl (C=O) groups is 2. The standard InChI is InChI=1S/C28H32F3N3O5/c1-27(2,3)25(37)33-17-8-7-14(11-16(17)29)19-12-18(36)20-23(34-26(38)28(4,5)6)21(30)15(13-32-9-10-35)22(31)24(20)39-19/h7-8,11-12,32,35H,9-10,13H2,1-6H3,(H,33,37)(H,34,38). The molecule has 39 heavy (non-hydrogen) atoms. The smallest absolute Gasteiger partial charge is 0.229 e. The molecule has 11 heteroatoms. The Hall–Kier alpha value is -3.70. The molecule has 3 rings (SSSR count). The zero-order valence-corrected chi connectivity index (χ0v) is 22.6. The summed E-state index contributed by atoms with van der Waals surface area (Å²) in [6.07, 6.45) is 0. The van der Waals surface area contributed by atoms with E-state index in [2.05, 4.69) is 16.0 Å². The van der Waals surface area contributed by atoms with Crippen LogP contribution >= 0.6 is 0 Å². The molecule has 0 aliphatic carbocycles. The van der Waals surface area contributed by atoms with Crippen LogP contribution in [0.5, 0.6) is 0 Å². The van der Waals surface area contributed by atoms with Crippen LogP contribution in [-0.4, -0.2) is 30.1 Å². The molecule has 0 aliphatic heterocycles. The van der Waals surface area contributed by atoms with Crippen molar-refractivity contribution < 1.29 is 32.3 Å². The monoisotopic (exact) mass is 547 g/mol. The number of fused-ring (bicyclic) bond motifs is 1. The van der Waals surface area contributed by atoms with Gasteiger partial charge in [-0.05, 0) is 18.2 Å². The minimum absolute atomic E-state index is 0.0297. The minimum Gasteiger partial charge on any atom is -0.453 e. The Kier molecular flexibility index (Phi) is 8.56. The lowest BCUT2D eigenvalue weighted by atomic mass is 9.95. The van der Waals surface area contributed by atoms with Crippen molar-refractivity contribution in [3.8, 4) is 11.3 Å². The first-order valence-corrected chi connectivity index (χ1v) is 12.3. The van der Waals surface area contributed by atoms with Gasteiger partial charge in [-0.25, -0.2) is 13.2 Å². The van der Waals surface area contributed by atoms with Crippen molar-refractivity contribution in [2.75, 3.05) is 23.8 Å². The van der Waals surface area contributed by atoms with Crippen molar-refractivity contribution >= 4 is 34.2 Å². The molecule has 3 aromatic rings. The molecule has 0 saturated heterocycles. The zero-order valence-electron chi connectivity index (χ0n) is 22.6. The Morgan fingerprint density at radius 2 is 1.54 bits per heavy atom. The van der Waals surface area contributed by atoms with E-state index < -0.39 is 67.7 Å². The van der Waals surface area contributed by atoms with Crippen molar-refractivity contribution in [1.29, 1.82) is 0 Å². The maximum absolute atomic E-state index is 15.6. The number of hydrogen-bond acceptors (Lipinski definition) is 6. The second-order valence-corrected chi connectivity index (χ2v) is 11.2. The Bertz CT molecular complexity index is 1490. The van der Waals surface area contributed by atoms with Gasteiger partial charge in [0.05, 0.1) is 23.4 Å². The second-order valence-electron chi connectivity index (χ2n) is 11.2. The molecule has 2 amide bonds. The topological polar surface area (TPSA) is 121 Å². The summed E-state index contributed by atoms with van der Waals surface area (Å²) in [7, 11) is 0. The second kappa shape index (κ2) is 11.2. The summed E-state index contributed by atoms with van der Waals surface area (Å²) >= 11 is 0. The molecule has 0 atom stereocenters. The number of anilines is 2. The number of rotatable bonds is 7. The Morgan fingerprint density at radius 1 is 0.923 bits per heavy atom. The highest BCUT2D eigenvalue weighted by atomic mass is 19.1. The molecule has 0 spiro atoms. The molecule has 210 valence electrons. The first kappa shape index (κ1) is 29.9. The molecule has 0 fully saturated rings. The number of nitrogens with one attached hydrogen (secondary N) is 3.